The van der Waals surface area contributed by atoms with E-state index in [9.17, 15) is 4.79 Å². The van der Waals surface area contributed by atoms with E-state index in [2.05, 4.69) is 20.3 Å². The van der Waals surface area contributed by atoms with Crippen molar-refractivity contribution in [3.63, 3.8) is 0 Å². The van der Waals surface area contributed by atoms with Gasteiger partial charge in [-0.1, -0.05) is 24.3 Å². The van der Waals surface area contributed by atoms with Crippen LogP contribution in [0, 0.1) is 13.8 Å². The monoisotopic (exact) mass is 403 g/mol. The standard InChI is InChI=1S/C23H25N5O2/c1-15-11-16(2)27-20(12-15)28-21(29)23(7-9-30-10-8-23)19-5-3-17(4-6-19)18-13-25-22(24)26-14-18/h3-6,11-14H,7-10H2,1-2H3,(H2,24,25,26)(H,27,28,29). The Morgan fingerprint density at radius 1 is 1.03 bits per heavy atom. The minimum absolute atomic E-state index is 0.0492. The third kappa shape index (κ3) is 4.02. The number of nitrogens with two attached hydrogens (primary N) is 1. The summed E-state index contributed by atoms with van der Waals surface area (Å²) in [6.07, 6.45) is 4.63. The molecule has 0 bridgehead atoms. The van der Waals surface area contributed by atoms with Crippen LogP contribution in [0.5, 0.6) is 0 Å². The number of nitrogen functional groups attached to an aromatic ring is 1. The van der Waals surface area contributed by atoms with Gasteiger partial charge in [0.2, 0.25) is 11.9 Å². The number of amides is 1. The first-order valence-electron chi connectivity index (χ1n) is 9.99. The molecule has 3 aromatic rings. The lowest BCUT2D eigenvalue weighted by Crippen LogP contribution is -2.45. The molecular formula is C23H25N5O2. The summed E-state index contributed by atoms with van der Waals surface area (Å²) in [6, 6.07) is 11.9. The second-order valence-corrected chi connectivity index (χ2v) is 7.73. The molecule has 0 saturated carbocycles. The minimum atomic E-state index is -0.659. The molecule has 0 radical (unpaired) electrons. The summed E-state index contributed by atoms with van der Waals surface area (Å²) in [5.74, 6) is 0.777. The zero-order valence-electron chi connectivity index (χ0n) is 17.2. The van der Waals surface area contributed by atoms with Gasteiger partial charge in [0, 0.05) is 36.9 Å². The van der Waals surface area contributed by atoms with Crippen LogP contribution in [-0.2, 0) is 14.9 Å². The van der Waals surface area contributed by atoms with Gasteiger partial charge in [-0.2, -0.15) is 0 Å². The molecular weight excluding hydrogens is 378 g/mol. The summed E-state index contributed by atoms with van der Waals surface area (Å²) >= 11 is 0. The third-order valence-corrected chi connectivity index (χ3v) is 5.56. The van der Waals surface area contributed by atoms with Crippen molar-refractivity contribution < 1.29 is 9.53 Å². The van der Waals surface area contributed by atoms with Crippen LogP contribution in [0.4, 0.5) is 11.8 Å². The van der Waals surface area contributed by atoms with Crippen molar-refractivity contribution in [3.8, 4) is 11.1 Å². The lowest BCUT2D eigenvalue weighted by atomic mass is 9.73. The fourth-order valence-electron chi connectivity index (χ4n) is 3.98. The van der Waals surface area contributed by atoms with Gasteiger partial charge in [0.1, 0.15) is 5.82 Å². The Morgan fingerprint density at radius 2 is 1.70 bits per heavy atom. The summed E-state index contributed by atoms with van der Waals surface area (Å²) in [4.78, 5) is 26.0. The largest absolute Gasteiger partial charge is 0.381 e. The van der Waals surface area contributed by atoms with Crippen LogP contribution in [-0.4, -0.2) is 34.1 Å². The number of pyridine rings is 1. The van der Waals surface area contributed by atoms with E-state index < -0.39 is 5.41 Å². The molecule has 154 valence electrons. The molecule has 30 heavy (non-hydrogen) atoms. The summed E-state index contributed by atoms with van der Waals surface area (Å²) in [5.41, 5.74) is 9.67. The highest BCUT2D eigenvalue weighted by Crippen LogP contribution is 2.37. The van der Waals surface area contributed by atoms with Crippen molar-refractivity contribution in [3.05, 3.63) is 65.6 Å². The highest BCUT2D eigenvalue weighted by Gasteiger charge is 2.42. The zero-order valence-corrected chi connectivity index (χ0v) is 17.2. The maximum Gasteiger partial charge on any atom is 0.236 e. The Labute approximate surface area is 175 Å². The molecule has 3 N–H and O–H groups in total. The average molecular weight is 403 g/mol. The number of nitrogens with zero attached hydrogens (tertiary/aromatic N) is 3. The number of nitrogens with one attached hydrogen (secondary N) is 1. The quantitative estimate of drug-likeness (QED) is 0.692. The zero-order chi connectivity index (χ0) is 21.1. The van der Waals surface area contributed by atoms with E-state index in [0.717, 1.165) is 27.9 Å². The number of hydrogen-bond donors (Lipinski definition) is 2. The average Bonchev–Trinajstić information content (AvgIpc) is 2.74. The molecule has 1 aromatic carbocycles. The van der Waals surface area contributed by atoms with Crippen molar-refractivity contribution in [1.82, 2.24) is 15.0 Å². The van der Waals surface area contributed by atoms with E-state index >= 15 is 0 Å². The van der Waals surface area contributed by atoms with Gasteiger partial charge < -0.3 is 15.8 Å². The molecule has 0 spiro atoms. The molecule has 2 aromatic heterocycles. The van der Waals surface area contributed by atoms with Crippen molar-refractivity contribution in [2.24, 2.45) is 0 Å². The summed E-state index contributed by atoms with van der Waals surface area (Å²) in [6.45, 7) is 5.00. The molecule has 1 fully saturated rings. The molecule has 1 amide bonds. The highest BCUT2D eigenvalue weighted by molar-refractivity contribution is 5.98. The van der Waals surface area contributed by atoms with Gasteiger partial charge in [0.15, 0.2) is 0 Å². The van der Waals surface area contributed by atoms with E-state index in [1.54, 1.807) is 12.4 Å². The third-order valence-electron chi connectivity index (χ3n) is 5.56. The van der Waals surface area contributed by atoms with E-state index in [1.165, 1.54) is 0 Å². The van der Waals surface area contributed by atoms with E-state index in [-0.39, 0.29) is 11.9 Å². The fraction of sp³-hybridized carbons (Fsp3) is 0.304. The summed E-state index contributed by atoms with van der Waals surface area (Å²) < 4.78 is 5.57. The number of carbonyl (C=O) groups excluding carboxylic acids is 1. The predicted molar refractivity (Wildman–Crippen MR) is 116 cm³/mol. The Balaban J connectivity index is 1.64. The molecule has 0 aliphatic carbocycles. The van der Waals surface area contributed by atoms with Crippen LogP contribution < -0.4 is 11.1 Å². The van der Waals surface area contributed by atoms with Crippen LogP contribution in [0.2, 0.25) is 0 Å². The van der Waals surface area contributed by atoms with Crippen LogP contribution in [0.1, 0.15) is 29.7 Å². The first kappa shape index (κ1) is 20.0. The van der Waals surface area contributed by atoms with Gasteiger partial charge in [0.05, 0.1) is 5.41 Å². The van der Waals surface area contributed by atoms with Crippen molar-refractivity contribution in [2.45, 2.75) is 32.1 Å². The number of ether oxygens (including phenoxy) is 1. The Hall–Kier alpha value is -3.32. The van der Waals surface area contributed by atoms with Gasteiger partial charge in [-0.25, -0.2) is 15.0 Å². The summed E-state index contributed by atoms with van der Waals surface area (Å²) in [7, 11) is 0. The fourth-order valence-corrected chi connectivity index (χ4v) is 3.98. The molecule has 1 aliphatic rings. The molecule has 0 atom stereocenters. The van der Waals surface area contributed by atoms with E-state index in [1.807, 2.05) is 50.2 Å². The Bertz CT molecular complexity index is 1020. The molecule has 7 nitrogen and oxygen atoms in total. The number of rotatable bonds is 4. The van der Waals surface area contributed by atoms with Gasteiger partial charge in [-0.3, -0.25) is 4.79 Å². The normalized spacial score (nSPS) is 15.5. The lowest BCUT2D eigenvalue weighted by molar-refractivity contribution is -0.125. The first-order chi connectivity index (χ1) is 14.5. The Kier molecular flexibility index (Phi) is 5.46. The van der Waals surface area contributed by atoms with Crippen LogP contribution in [0.3, 0.4) is 0 Å². The number of carbonyl (C=O) groups is 1. The number of aryl methyl sites for hydroxylation is 2. The highest BCUT2D eigenvalue weighted by atomic mass is 16.5. The smallest absolute Gasteiger partial charge is 0.236 e. The van der Waals surface area contributed by atoms with Crippen LogP contribution >= 0.6 is 0 Å². The number of aromatic nitrogens is 3. The van der Waals surface area contributed by atoms with Crippen LogP contribution in [0.15, 0.2) is 48.8 Å². The molecule has 1 saturated heterocycles. The predicted octanol–water partition coefficient (Wildman–Crippen LogP) is 3.42. The van der Waals surface area contributed by atoms with Gasteiger partial charge in [-0.05, 0) is 55.5 Å². The molecule has 7 heteroatoms. The number of hydrogen-bond acceptors (Lipinski definition) is 6. The number of anilines is 2. The molecule has 3 heterocycles. The van der Waals surface area contributed by atoms with E-state index in [0.29, 0.717) is 31.9 Å². The van der Waals surface area contributed by atoms with Crippen molar-refractivity contribution in [2.75, 3.05) is 24.3 Å². The Morgan fingerprint density at radius 3 is 2.33 bits per heavy atom. The van der Waals surface area contributed by atoms with Gasteiger partial charge in [-0.15, -0.1) is 0 Å². The topological polar surface area (TPSA) is 103 Å². The van der Waals surface area contributed by atoms with Gasteiger partial charge in [0.25, 0.3) is 0 Å². The van der Waals surface area contributed by atoms with Crippen LogP contribution in [0.25, 0.3) is 11.1 Å². The van der Waals surface area contributed by atoms with Crippen molar-refractivity contribution in [1.29, 1.82) is 0 Å². The molecule has 4 rings (SSSR count). The number of benzene rings is 1. The lowest BCUT2D eigenvalue weighted by Gasteiger charge is -2.36. The maximum absolute atomic E-state index is 13.5. The van der Waals surface area contributed by atoms with E-state index in [4.69, 9.17) is 10.5 Å². The second kappa shape index (κ2) is 8.20. The molecule has 0 unspecified atom stereocenters. The van der Waals surface area contributed by atoms with Crippen molar-refractivity contribution >= 4 is 17.7 Å². The maximum atomic E-state index is 13.5. The minimum Gasteiger partial charge on any atom is -0.381 e. The van der Waals surface area contributed by atoms with Gasteiger partial charge >= 0.3 is 0 Å². The molecule has 1 aliphatic heterocycles. The second-order valence-electron chi connectivity index (χ2n) is 7.73. The summed E-state index contributed by atoms with van der Waals surface area (Å²) in [5, 5.41) is 3.05. The first-order valence-corrected chi connectivity index (χ1v) is 9.99. The SMILES string of the molecule is Cc1cc(C)nc(NC(=O)C2(c3ccc(-c4cnc(N)nc4)cc3)CCOCC2)c1.